The molecule has 0 aliphatic rings. The van der Waals surface area contributed by atoms with Crippen LogP contribution in [-0.4, -0.2) is 23.8 Å². The van der Waals surface area contributed by atoms with Gasteiger partial charge in [-0.05, 0) is 37.6 Å². The van der Waals surface area contributed by atoms with Gasteiger partial charge >= 0.3 is 0 Å². The largest absolute Gasteiger partial charge is 0.394 e. The Labute approximate surface area is 90.1 Å². The zero-order valence-corrected chi connectivity index (χ0v) is 9.26. The molecule has 0 radical (unpaired) electrons. The van der Waals surface area contributed by atoms with Crippen LogP contribution in [0.25, 0.3) is 0 Å². The minimum Gasteiger partial charge on any atom is -0.394 e. The molecule has 1 aromatic carbocycles. The Kier molecular flexibility index (Phi) is 4.24. The highest BCUT2D eigenvalue weighted by Crippen LogP contribution is 2.13. The van der Waals surface area contributed by atoms with E-state index in [4.69, 9.17) is 0 Å². The summed E-state index contributed by atoms with van der Waals surface area (Å²) < 4.78 is 12.9. The van der Waals surface area contributed by atoms with Gasteiger partial charge in [0.15, 0.2) is 0 Å². The Hall–Kier alpha value is -0.930. The van der Waals surface area contributed by atoms with Gasteiger partial charge in [0.25, 0.3) is 0 Å². The molecular formula is C12H18FNO. The Morgan fingerprint density at radius 1 is 1.47 bits per heavy atom. The van der Waals surface area contributed by atoms with Gasteiger partial charge < -0.3 is 10.4 Å². The first-order chi connectivity index (χ1) is 7.09. The van der Waals surface area contributed by atoms with Crippen molar-refractivity contribution in [2.24, 2.45) is 0 Å². The molecule has 0 saturated carbocycles. The van der Waals surface area contributed by atoms with Crippen molar-refractivity contribution in [3.63, 3.8) is 0 Å². The van der Waals surface area contributed by atoms with Crippen LogP contribution in [0.2, 0.25) is 0 Å². The molecule has 0 amide bonds. The van der Waals surface area contributed by atoms with Crippen molar-refractivity contribution in [3.8, 4) is 0 Å². The molecule has 0 aliphatic carbocycles. The molecule has 0 spiro atoms. The maximum atomic E-state index is 12.9. The van der Waals surface area contributed by atoms with Crippen LogP contribution in [0, 0.1) is 5.82 Å². The number of hydrogen-bond donors (Lipinski definition) is 2. The number of rotatable bonds is 5. The second-order valence-electron chi connectivity index (χ2n) is 4.06. The molecule has 0 aliphatic heterocycles. The molecule has 2 N–H and O–H groups in total. The zero-order chi connectivity index (χ0) is 11.3. The summed E-state index contributed by atoms with van der Waals surface area (Å²) in [6, 6.07) is 6.49. The molecular weight excluding hydrogens is 193 g/mol. The zero-order valence-electron chi connectivity index (χ0n) is 9.26. The number of hydrogen-bond acceptors (Lipinski definition) is 2. The van der Waals surface area contributed by atoms with Gasteiger partial charge in [-0.3, -0.25) is 0 Å². The number of likely N-dealkylation sites (N-methyl/N-ethyl adjacent to an activating group) is 1. The molecule has 0 fully saturated rings. The summed E-state index contributed by atoms with van der Waals surface area (Å²) in [6.07, 6.45) is 0.620. The molecule has 1 rings (SSSR count). The van der Waals surface area contributed by atoms with Crippen LogP contribution in [-0.2, 0) is 6.42 Å². The first-order valence-electron chi connectivity index (χ1n) is 5.20. The van der Waals surface area contributed by atoms with Crippen molar-refractivity contribution >= 4 is 0 Å². The van der Waals surface area contributed by atoms with Gasteiger partial charge in [-0.2, -0.15) is 0 Å². The first-order valence-corrected chi connectivity index (χ1v) is 5.20. The molecule has 0 aromatic heterocycles. The topological polar surface area (TPSA) is 32.3 Å². The lowest BCUT2D eigenvalue weighted by molar-refractivity contribution is 0.176. The number of aliphatic hydroxyl groups is 1. The predicted octanol–water partition coefficient (Wildman–Crippen LogP) is 1.73. The van der Waals surface area contributed by atoms with Crippen LogP contribution in [0.4, 0.5) is 4.39 Å². The van der Waals surface area contributed by atoms with Crippen molar-refractivity contribution in [1.82, 2.24) is 5.32 Å². The quantitative estimate of drug-likeness (QED) is 0.777. The lowest BCUT2D eigenvalue weighted by Gasteiger charge is -2.28. The summed E-state index contributed by atoms with van der Waals surface area (Å²) >= 11 is 0. The molecule has 2 nitrogen and oxygen atoms in total. The maximum absolute atomic E-state index is 12.9. The summed E-state index contributed by atoms with van der Waals surface area (Å²) in [5, 5.41) is 12.5. The van der Waals surface area contributed by atoms with Crippen molar-refractivity contribution < 1.29 is 9.50 Å². The van der Waals surface area contributed by atoms with E-state index in [0.29, 0.717) is 6.42 Å². The summed E-state index contributed by atoms with van der Waals surface area (Å²) in [6.45, 7) is 4.74. The standard InChI is InChI=1S/C12H18FNO/c1-3-14-12(2,9-15)8-10-5-4-6-11(13)7-10/h4-7,14-15H,3,8-9H2,1-2H3. The number of aliphatic hydroxyl groups excluding tert-OH is 1. The van der Waals surface area contributed by atoms with E-state index in [9.17, 15) is 9.50 Å². The van der Waals surface area contributed by atoms with Gasteiger partial charge in [-0.25, -0.2) is 4.39 Å². The predicted molar refractivity (Wildman–Crippen MR) is 59.3 cm³/mol. The van der Waals surface area contributed by atoms with Crippen molar-refractivity contribution in [2.45, 2.75) is 25.8 Å². The lowest BCUT2D eigenvalue weighted by Crippen LogP contribution is -2.47. The van der Waals surface area contributed by atoms with E-state index in [1.54, 1.807) is 6.07 Å². The fourth-order valence-electron chi connectivity index (χ4n) is 1.70. The average molecular weight is 211 g/mol. The summed E-state index contributed by atoms with van der Waals surface area (Å²) in [5.41, 5.74) is 0.523. The van der Waals surface area contributed by atoms with Crippen molar-refractivity contribution in [3.05, 3.63) is 35.6 Å². The number of nitrogens with one attached hydrogen (secondary N) is 1. The van der Waals surface area contributed by atoms with E-state index < -0.39 is 0 Å². The van der Waals surface area contributed by atoms with Gasteiger partial charge in [0, 0.05) is 5.54 Å². The third-order valence-corrected chi connectivity index (χ3v) is 2.44. The molecule has 15 heavy (non-hydrogen) atoms. The monoisotopic (exact) mass is 211 g/mol. The van der Waals surface area contributed by atoms with E-state index in [0.717, 1.165) is 12.1 Å². The van der Waals surface area contributed by atoms with Gasteiger partial charge in [0.1, 0.15) is 5.82 Å². The average Bonchev–Trinajstić information content (AvgIpc) is 2.18. The van der Waals surface area contributed by atoms with Crippen molar-refractivity contribution in [1.29, 1.82) is 0 Å². The van der Waals surface area contributed by atoms with Gasteiger partial charge in [0.2, 0.25) is 0 Å². The second kappa shape index (κ2) is 5.24. The second-order valence-corrected chi connectivity index (χ2v) is 4.06. The van der Waals surface area contributed by atoms with E-state index in [1.165, 1.54) is 12.1 Å². The fourth-order valence-corrected chi connectivity index (χ4v) is 1.70. The van der Waals surface area contributed by atoms with Crippen LogP contribution in [0.5, 0.6) is 0 Å². The Bertz CT molecular complexity index is 316. The van der Waals surface area contributed by atoms with Crippen molar-refractivity contribution in [2.75, 3.05) is 13.2 Å². The Morgan fingerprint density at radius 3 is 2.73 bits per heavy atom. The van der Waals surface area contributed by atoms with Crippen LogP contribution in [0.15, 0.2) is 24.3 Å². The van der Waals surface area contributed by atoms with Crippen LogP contribution in [0.1, 0.15) is 19.4 Å². The smallest absolute Gasteiger partial charge is 0.123 e. The fraction of sp³-hybridized carbons (Fsp3) is 0.500. The molecule has 0 saturated heterocycles. The molecule has 0 heterocycles. The highest BCUT2D eigenvalue weighted by atomic mass is 19.1. The van der Waals surface area contributed by atoms with E-state index in [1.807, 2.05) is 19.9 Å². The molecule has 0 bridgehead atoms. The third-order valence-electron chi connectivity index (χ3n) is 2.44. The highest BCUT2D eigenvalue weighted by Gasteiger charge is 2.22. The highest BCUT2D eigenvalue weighted by molar-refractivity contribution is 5.19. The van der Waals surface area contributed by atoms with E-state index >= 15 is 0 Å². The number of halogens is 1. The summed E-state index contributed by atoms with van der Waals surface area (Å²) in [5.74, 6) is -0.232. The SMILES string of the molecule is CCNC(C)(CO)Cc1cccc(F)c1. The first kappa shape index (κ1) is 12.1. The molecule has 1 unspecified atom stereocenters. The molecule has 1 atom stereocenters. The minimum absolute atomic E-state index is 0.0390. The van der Waals surface area contributed by atoms with Gasteiger partial charge in [-0.1, -0.05) is 19.1 Å². The molecule has 3 heteroatoms. The molecule has 1 aromatic rings. The minimum atomic E-state index is -0.372. The number of benzene rings is 1. The molecule has 84 valence electrons. The normalized spacial score (nSPS) is 14.9. The van der Waals surface area contributed by atoms with E-state index in [2.05, 4.69) is 5.32 Å². The Morgan fingerprint density at radius 2 is 2.20 bits per heavy atom. The van der Waals surface area contributed by atoms with Crippen LogP contribution in [0.3, 0.4) is 0 Å². The van der Waals surface area contributed by atoms with Crippen LogP contribution >= 0.6 is 0 Å². The van der Waals surface area contributed by atoms with Gasteiger partial charge in [0.05, 0.1) is 6.61 Å². The van der Waals surface area contributed by atoms with Crippen LogP contribution < -0.4 is 5.32 Å². The van der Waals surface area contributed by atoms with E-state index in [-0.39, 0.29) is 18.0 Å². The summed E-state index contributed by atoms with van der Waals surface area (Å²) in [4.78, 5) is 0. The third kappa shape index (κ3) is 3.61. The lowest BCUT2D eigenvalue weighted by atomic mass is 9.93. The summed E-state index contributed by atoms with van der Waals surface area (Å²) in [7, 11) is 0. The maximum Gasteiger partial charge on any atom is 0.123 e. The van der Waals surface area contributed by atoms with Gasteiger partial charge in [-0.15, -0.1) is 0 Å². The Balaban J connectivity index is 2.74.